The van der Waals surface area contributed by atoms with E-state index in [1.807, 2.05) is 11.8 Å². The highest BCUT2D eigenvalue weighted by Gasteiger charge is 2.26. The monoisotopic (exact) mass is 337 g/mol. The minimum atomic E-state index is -0.318. The first kappa shape index (κ1) is 18.4. The summed E-state index contributed by atoms with van der Waals surface area (Å²) in [7, 11) is 1.38. The van der Waals surface area contributed by atoms with Crippen LogP contribution in [0.4, 0.5) is 4.39 Å². The molecule has 1 amide bonds. The molecule has 24 heavy (non-hydrogen) atoms. The predicted molar refractivity (Wildman–Crippen MR) is 87.7 cm³/mol. The van der Waals surface area contributed by atoms with Gasteiger partial charge in [-0.1, -0.05) is 18.2 Å². The second-order valence-corrected chi connectivity index (χ2v) is 5.87. The van der Waals surface area contributed by atoms with Gasteiger partial charge in [0.1, 0.15) is 5.82 Å². The number of carbonyl (C=O) groups excluding carboxylic acids is 2. The molecule has 0 unspecified atom stereocenters. The van der Waals surface area contributed by atoms with Crippen molar-refractivity contribution in [3.8, 4) is 0 Å². The molecule has 132 valence electrons. The number of benzene rings is 1. The number of piperazine rings is 1. The topological polar surface area (TPSA) is 61.9 Å². The van der Waals surface area contributed by atoms with Crippen molar-refractivity contribution in [1.82, 2.24) is 15.1 Å². The molecule has 0 saturated carbocycles. The van der Waals surface area contributed by atoms with Gasteiger partial charge in [-0.15, -0.1) is 0 Å². The first-order chi connectivity index (χ1) is 11.5. The molecule has 1 aromatic carbocycles. The number of hydrogen-bond acceptors (Lipinski definition) is 5. The molecular weight excluding hydrogens is 313 g/mol. The average molecular weight is 337 g/mol. The highest BCUT2D eigenvalue weighted by molar-refractivity contribution is 5.81. The lowest BCUT2D eigenvalue weighted by Crippen LogP contribution is -2.54. The number of nitrogens with one attached hydrogen (secondary N) is 1. The Hall–Kier alpha value is -1.99. The van der Waals surface area contributed by atoms with Crippen molar-refractivity contribution in [2.45, 2.75) is 19.5 Å². The highest BCUT2D eigenvalue weighted by atomic mass is 19.1. The molecular formula is C17H24FN3O3. The maximum Gasteiger partial charge on any atom is 0.319 e. The zero-order valence-electron chi connectivity index (χ0n) is 14.1. The molecule has 2 rings (SSSR count). The number of nitrogens with zero attached hydrogens (tertiary/aromatic N) is 2. The minimum absolute atomic E-state index is 0.125. The maximum absolute atomic E-state index is 13.6. The molecule has 1 saturated heterocycles. The molecule has 1 aliphatic rings. The van der Waals surface area contributed by atoms with E-state index in [2.05, 4.69) is 15.0 Å². The van der Waals surface area contributed by atoms with Crippen molar-refractivity contribution in [2.24, 2.45) is 0 Å². The summed E-state index contributed by atoms with van der Waals surface area (Å²) in [4.78, 5) is 27.6. The lowest BCUT2D eigenvalue weighted by atomic mass is 10.2. The summed E-state index contributed by atoms with van der Waals surface area (Å²) in [5.41, 5.74) is 0.473. The van der Waals surface area contributed by atoms with Crippen LogP contribution in [0.1, 0.15) is 12.5 Å². The van der Waals surface area contributed by atoms with Gasteiger partial charge in [0.15, 0.2) is 0 Å². The molecule has 6 nitrogen and oxygen atoms in total. The van der Waals surface area contributed by atoms with Gasteiger partial charge in [-0.2, -0.15) is 0 Å². The van der Waals surface area contributed by atoms with Crippen molar-refractivity contribution in [2.75, 3.05) is 39.8 Å². The molecule has 0 spiro atoms. The molecule has 7 heteroatoms. The fourth-order valence-corrected chi connectivity index (χ4v) is 2.69. The smallest absolute Gasteiger partial charge is 0.319 e. The Morgan fingerprint density at radius 3 is 2.54 bits per heavy atom. The third kappa shape index (κ3) is 5.01. The van der Waals surface area contributed by atoms with E-state index < -0.39 is 0 Å². The van der Waals surface area contributed by atoms with Gasteiger partial charge in [-0.05, 0) is 13.0 Å². The summed E-state index contributed by atoms with van der Waals surface area (Å²) in [5, 5.41) is 2.78. The molecule has 1 aromatic rings. The summed E-state index contributed by atoms with van der Waals surface area (Å²) in [6.07, 6.45) is 0. The van der Waals surface area contributed by atoms with E-state index >= 15 is 0 Å². The third-order valence-corrected chi connectivity index (χ3v) is 4.33. The predicted octanol–water partition coefficient (Wildman–Crippen LogP) is 0.621. The summed E-state index contributed by atoms with van der Waals surface area (Å²) in [6.45, 7) is 5.11. The normalized spacial score (nSPS) is 17.3. The second-order valence-electron chi connectivity index (χ2n) is 5.87. The van der Waals surface area contributed by atoms with Crippen LogP contribution in [-0.4, -0.2) is 67.6 Å². The van der Waals surface area contributed by atoms with Crippen LogP contribution in [0.25, 0.3) is 0 Å². The zero-order valence-corrected chi connectivity index (χ0v) is 14.1. The third-order valence-electron chi connectivity index (χ3n) is 4.33. The van der Waals surface area contributed by atoms with E-state index in [-0.39, 0.29) is 36.8 Å². The Morgan fingerprint density at radius 2 is 1.92 bits per heavy atom. The van der Waals surface area contributed by atoms with Crippen LogP contribution < -0.4 is 5.32 Å². The Morgan fingerprint density at radius 1 is 1.25 bits per heavy atom. The van der Waals surface area contributed by atoms with E-state index in [4.69, 9.17) is 0 Å². The number of hydrogen-bond donors (Lipinski definition) is 1. The van der Waals surface area contributed by atoms with Crippen molar-refractivity contribution < 1.29 is 18.7 Å². The highest BCUT2D eigenvalue weighted by Crippen LogP contribution is 2.09. The lowest BCUT2D eigenvalue weighted by molar-refractivity contribution is -0.142. The average Bonchev–Trinajstić information content (AvgIpc) is 2.60. The molecule has 1 atom stereocenters. The molecule has 0 radical (unpaired) electrons. The first-order valence-corrected chi connectivity index (χ1v) is 8.05. The molecule has 1 aliphatic heterocycles. The van der Waals surface area contributed by atoms with Crippen LogP contribution in [0.15, 0.2) is 24.3 Å². The summed E-state index contributed by atoms with van der Waals surface area (Å²) < 4.78 is 18.2. The molecule has 1 heterocycles. The first-order valence-electron chi connectivity index (χ1n) is 8.05. The van der Waals surface area contributed by atoms with Crippen LogP contribution in [0.5, 0.6) is 0 Å². The maximum atomic E-state index is 13.6. The van der Waals surface area contributed by atoms with E-state index in [1.165, 1.54) is 13.2 Å². The molecule has 0 aliphatic carbocycles. The molecule has 1 N–H and O–H groups in total. The van der Waals surface area contributed by atoms with Gasteiger partial charge >= 0.3 is 5.97 Å². The summed E-state index contributed by atoms with van der Waals surface area (Å²) in [5.74, 6) is -0.694. The standard InChI is InChI=1S/C17H24FN3O3/c1-13(17(23)19-11-14-5-3-4-6-15(14)18)21-9-7-20(8-10-21)12-16(22)24-2/h3-6,13H,7-12H2,1-2H3,(H,19,23)/t13-/m0/s1. The summed E-state index contributed by atoms with van der Waals surface area (Å²) in [6, 6.07) is 6.11. The molecule has 0 aromatic heterocycles. The van der Waals surface area contributed by atoms with Crippen molar-refractivity contribution >= 4 is 11.9 Å². The van der Waals surface area contributed by atoms with E-state index in [9.17, 15) is 14.0 Å². The van der Waals surface area contributed by atoms with Gasteiger partial charge in [-0.3, -0.25) is 19.4 Å². The number of amides is 1. The number of esters is 1. The largest absolute Gasteiger partial charge is 0.468 e. The van der Waals surface area contributed by atoms with Crippen LogP contribution in [0, 0.1) is 5.82 Å². The van der Waals surface area contributed by atoms with Crippen LogP contribution in [0.2, 0.25) is 0 Å². The fraction of sp³-hybridized carbons (Fsp3) is 0.529. The number of rotatable bonds is 6. The van der Waals surface area contributed by atoms with E-state index in [1.54, 1.807) is 18.2 Å². The van der Waals surface area contributed by atoms with Crippen molar-refractivity contribution in [3.63, 3.8) is 0 Å². The Balaban J connectivity index is 1.78. The Labute approximate surface area is 141 Å². The number of carbonyl (C=O) groups is 2. The van der Waals surface area contributed by atoms with Crippen LogP contribution in [-0.2, 0) is 20.9 Å². The van der Waals surface area contributed by atoms with Crippen molar-refractivity contribution in [1.29, 1.82) is 0 Å². The second kappa shape index (κ2) is 8.75. The number of methoxy groups -OCH3 is 1. The number of ether oxygens (including phenoxy) is 1. The van der Waals surface area contributed by atoms with Gasteiger partial charge in [0, 0.05) is 38.3 Å². The van der Waals surface area contributed by atoms with Crippen LogP contribution >= 0.6 is 0 Å². The lowest BCUT2D eigenvalue weighted by Gasteiger charge is -2.36. The van der Waals surface area contributed by atoms with Crippen LogP contribution in [0.3, 0.4) is 0 Å². The van der Waals surface area contributed by atoms with Crippen molar-refractivity contribution in [3.05, 3.63) is 35.6 Å². The Kier molecular flexibility index (Phi) is 6.69. The molecule has 0 bridgehead atoms. The summed E-state index contributed by atoms with van der Waals surface area (Å²) >= 11 is 0. The fourth-order valence-electron chi connectivity index (χ4n) is 2.69. The van der Waals surface area contributed by atoms with Gasteiger partial charge in [0.05, 0.1) is 19.7 Å². The Bertz CT molecular complexity index is 574. The minimum Gasteiger partial charge on any atom is -0.468 e. The number of halogens is 1. The SMILES string of the molecule is COC(=O)CN1CCN([C@@H](C)C(=O)NCc2ccccc2F)CC1. The molecule has 1 fully saturated rings. The quantitative estimate of drug-likeness (QED) is 0.771. The van der Waals surface area contributed by atoms with E-state index in [0.29, 0.717) is 31.7 Å². The van der Waals surface area contributed by atoms with Gasteiger partial charge in [0.2, 0.25) is 5.91 Å². The van der Waals surface area contributed by atoms with Gasteiger partial charge < -0.3 is 10.1 Å². The van der Waals surface area contributed by atoms with Gasteiger partial charge in [0.25, 0.3) is 0 Å². The van der Waals surface area contributed by atoms with Gasteiger partial charge in [-0.25, -0.2) is 4.39 Å². The zero-order chi connectivity index (χ0) is 17.5. The van der Waals surface area contributed by atoms with E-state index in [0.717, 1.165) is 0 Å².